The number of ether oxygens (including phenoxy) is 1. The molecule has 2 N–H and O–H groups in total. The van der Waals surface area contributed by atoms with Gasteiger partial charge >= 0.3 is 5.97 Å². The lowest BCUT2D eigenvalue weighted by Crippen LogP contribution is -2.36. The minimum Gasteiger partial charge on any atom is -0.468 e. The van der Waals surface area contributed by atoms with Crippen molar-refractivity contribution in [3.8, 4) is 0 Å². The van der Waals surface area contributed by atoms with Crippen molar-refractivity contribution in [1.82, 2.24) is 0 Å². The topological polar surface area (TPSA) is 52.3 Å². The zero-order valence-electron chi connectivity index (χ0n) is 8.84. The minimum atomic E-state index is -0.618. The number of thioether (sulfide) groups is 1. The predicted octanol–water partition coefficient (Wildman–Crippen LogP) is 1.59. The summed E-state index contributed by atoms with van der Waals surface area (Å²) in [6, 6.07) is 9.11. The van der Waals surface area contributed by atoms with Gasteiger partial charge in [-0.15, -0.1) is 0 Å². The molecule has 0 aliphatic rings. The third kappa shape index (κ3) is 2.97. The van der Waals surface area contributed by atoms with Gasteiger partial charge in [0.05, 0.1) is 12.4 Å². The third-order valence-electron chi connectivity index (χ3n) is 2.18. The summed E-state index contributed by atoms with van der Waals surface area (Å²) < 4.78 is 4.64. The third-order valence-corrected chi connectivity index (χ3v) is 3.25. The summed E-state index contributed by atoms with van der Waals surface area (Å²) >= 11 is 1.55. The largest absolute Gasteiger partial charge is 0.468 e. The Kier molecular flexibility index (Phi) is 4.65. The monoisotopic (exact) mass is 225 g/mol. The second kappa shape index (κ2) is 5.78. The van der Waals surface area contributed by atoms with Crippen LogP contribution in [0, 0.1) is 0 Å². The highest BCUT2D eigenvalue weighted by atomic mass is 32.2. The maximum Gasteiger partial charge on any atom is 0.324 e. The van der Waals surface area contributed by atoms with Crippen molar-refractivity contribution < 1.29 is 9.53 Å². The lowest BCUT2D eigenvalue weighted by molar-refractivity contribution is -0.142. The van der Waals surface area contributed by atoms with Gasteiger partial charge in [-0.05, 0) is 11.8 Å². The van der Waals surface area contributed by atoms with E-state index >= 15 is 0 Å². The van der Waals surface area contributed by atoms with Crippen molar-refractivity contribution >= 4 is 17.7 Å². The molecule has 0 aromatic heterocycles. The molecule has 4 heteroatoms. The van der Waals surface area contributed by atoms with Gasteiger partial charge in [0.25, 0.3) is 0 Å². The number of hydrogen-bond acceptors (Lipinski definition) is 4. The molecule has 3 nitrogen and oxygen atoms in total. The van der Waals surface area contributed by atoms with Gasteiger partial charge < -0.3 is 10.5 Å². The highest BCUT2D eigenvalue weighted by molar-refractivity contribution is 7.98. The molecule has 0 spiro atoms. The standard InChI is InChI=1S/C11H15NO2S/c1-14-11(13)9(12)10(15-2)8-6-4-3-5-7-8/h3-7,9-10H,12H2,1-2H3. The Morgan fingerprint density at radius 1 is 1.40 bits per heavy atom. The van der Waals surface area contributed by atoms with E-state index in [4.69, 9.17) is 5.73 Å². The molecule has 0 bridgehead atoms. The Morgan fingerprint density at radius 3 is 2.47 bits per heavy atom. The number of nitrogens with two attached hydrogens (primary N) is 1. The van der Waals surface area contributed by atoms with Crippen molar-refractivity contribution in [2.24, 2.45) is 5.73 Å². The first-order valence-corrected chi connectivity index (χ1v) is 5.90. The Morgan fingerprint density at radius 2 is 2.00 bits per heavy atom. The van der Waals surface area contributed by atoms with Gasteiger partial charge in [0, 0.05) is 0 Å². The molecule has 0 saturated carbocycles. The summed E-state index contributed by atoms with van der Waals surface area (Å²) in [5.41, 5.74) is 6.86. The quantitative estimate of drug-likeness (QED) is 0.791. The molecule has 2 unspecified atom stereocenters. The molecule has 2 atom stereocenters. The number of benzene rings is 1. The molecule has 0 heterocycles. The Bertz CT molecular complexity index is 316. The van der Waals surface area contributed by atoms with Gasteiger partial charge in [-0.1, -0.05) is 30.3 Å². The van der Waals surface area contributed by atoms with Crippen LogP contribution in [0.3, 0.4) is 0 Å². The molecule has 0 radical (unpaired) electrons. The van der Waals surface area contributed by atoms with E-state index in [0.29, 0.717) is 0 Å². The fourth-order valence-electron chi connectivity index (χ4n) is 1.39. The van der Waals surface area contributed by atoms with E-state index in [1.165, 1.54) is 7.11 Å². The van der Waals surface area contributed by atoms with Crippen LogP contribution in [0.5, 0.6) is 0 Å². The average Bonchev–Trinajstić information content (AvgIpc) is 2.30. The summed E-state index contributed by atoms with van der Waals surface area (Å²) in [7, 11) is 1.35. The summed E-state index contributed by atoms with van der Waals surface area (Å²) in [4.78, 5) is 11.3. The molecule has 0 aliphatic carbocycles. The predicted molar refractivity (Wildman–Crippen MR) is 62.7 cm³/mol. The van der Waals surface area contributed by atoms with Crippen molar-refractivity contribution in [2.45, 2.75) is 11.3 Å². The second-order valence-electron chi connectivity index (χ2n) is 3.12. The molecule has 1 rings (SSSR count). The zero-order chi connectivity index (χ0) is 11.3. The Labute approximate surface area is 94.0 Å². The maximum atomic E-state index is 11.3. The molecule has 1 aromatic carbocycles. The van der Waals surface area contributed by atoms with Crippen molar-refractivity contribution in [3.05, 3.63) is 35.9 Å². The smallest absolute Gasteiger partial charge is 0.324 e. The van der Waals surface area contributed by atoms with Crippen molar-refractivity contribution in [1.29, 1.82) is 0 Å². The summed E-state index contributed by atoms with van der Waals surface area (Å²) in [5, 5.41) is -0.0568. The van der Waals surface area contributed by atoms with Crippen LogP contribution in [0.25, 0.3) is 0 Å². The van der Waals surface area contributed by atoms with Crippen molar-refractivity contribution in [2.75, 3.05) is 13.4 Å². The van der Waals surface area contributed by atoms with Crippen molar-refractivity contribution in [3.63, 3.8) is 0 Å². The van der Waals surface area contributed by atoms with Crippen LogP contribution in [-0.2, 0) is 9.53 Å². The number of rotatable bonds is 4. The van der Waals surface area contributed by atoms with E-state index in [9.17, 15) is 4.79 Å². The lowest BCUT2D eigenvalue weighted by Gasteiger charge is -2.20. The highest BCUT2D eigenvalue weighted by Crippen LogP contribution is 2.29. The van der Waals surface area contributed by atoms with E-state index in [2.05, 4.69) is 4.74 Å². The first-order chi connectivity index (χ1) is 7.20. The van der Waals surface area contributed by atoms with Crippen LogP contribution < -0.4 is 5.73 Å². The van der Waals surface area contributed by atoms with Crippen LogP contribution in [0.1, 0.15) is 10.8 Å². The summed E-state index contributed by atoms with van der Waals surface area (Å²) in [6.45, 7) is 0. The minimum absolute atomic E-state index is 0.0568. The van der Waals surface area contributed by atoms with E-state index in [1.807, 2.05) is 36.6 Å². The molecule has 0 amide bonds. The molecule has 82 valence electrons. The fraction of sp³-hybridized carbons (Fsp3) is 0.364. The first-order valence-electron chi connectivity index (χ1n) is 4.62. The molecule has 0 aliphatic heterocycles. The maximum absolute atomic E-state index is 11.3. The lowest BCUT2D eigenvalue weighted by atomic mass is 10.1. The molecule has 1 aromatic rings. The van der Waals surface area contributed by atoms with Crippen LogP contribution in [0.15, 0.2) is 30.3 Å². The van der Waals surface area contributed by atoms with Gasteiger partial charge in [0.15, 0.2) is 0 Å². The zero-order valence-corrected chi connectivity index (χ0v) is 9.66. The van der Waals surface area contributed by atoms with Gasteiger partial charge in [0.1, 0.15) is 6.04 Å². The van der Waals surface area contributed by atoms with Gasteiger partial charge in [-0.3, -0.25) is 4.79 Å². The highest BCUT2D eigenvalue weighted by Gasteiger charge is 2.25. The number of carbonyl (C=O) groups is 1. The number of esters is 1. The first kappa shape index (κ1) is 12.1. The van der Waals surface area contributed by atoms with Gasteiger partial charge in [0.2, 0.25) is 0 Å². The van der Waals surface area contributed by atoms with E-state index < -0.39 is 6.04 Å². The Balaban J connectivity index is 2.85. The molecule has 15 heavy (non-hydrogen) atoms. The molecule has 0 fully saturated rings. The molecule has 0 saturated heterocycles. The molecular formula is C11H15NO2S. The number of hydrogen-bond donors (Lipinski definition) is 1. The van der Waals surface area contributed by atoms with Gasteiger partial charge in [-0.2, -0.15) is 11.8 Å². The fourth-order valence-corrected chi connectivity index (χ4v) is 2.23. The normalized spacial score (nSPS) is 14.3. The molecular weight excluding hydrogens is 210 g/mol. The van der Waals surface area contributed by atoms with Crippen LogP contribution in [0.2, 0.25) is 0 Å². The van der Waals surface area contributed by atoms with Crippen LogP contribution >= 0.6 is 11.8 Å². The summed E-state index contributed by atoms with van der Waals surface area (Å²) in [5.74, 6) is -0.377. The van der Waals surface area contributed by atoms with E-state index in [0.717, 1.165) is 5.56 Å². The van der Waals surface area contributed by atoms with E-state index in [1.54, 1.807) is 11.8 Å². The van der Waals surface area contributed by atoms with Crippen LogP contribution in [-0.4, -0.2) is 25.4 Å². The Hall–Kier alpha value is -1.00. The number of methoxy groups -OCH3 is 1. The summed E-state index contributed by atoms with van der Waals surface area (Å²) in [6.07, 6.45) is 1.93. The van der Waals surface area contributed by atoms with E-state index in [-0.39, 0.29) is 11.2 Å². The number of carbonyl (C=O) groups excluding carboxylic acids is 1. The van der Waals surface area contributed by atoms with Crippen LogP contribution in [0.4, 0.5) is 0 Å². The SMILES string of the molecule is COC(=O)C(N)C(SC)c1ccccc1. The second-order valence-corrected chi connectivity index (χ2v) is 4.10. The van der Waals surface area contributed by atoms with Gasteiger partial charge in [-0.25, -0.2) is 0 Å². The average molecular weight is 225 g/mol.